The van der Waals surface area contributed by atoms with Crippen LogP contribution in [0.25, 0.3) is 0 Å². The van der Waals surface area contributed by atoms with Crippen molar-refractivity contribution in [2.75, 3.05) is 0 Å². The minimum atomic E-state index is -1.83. The van der Waals surface area contributed by atoms with Gasteiger partial charge in [-0.05, 0) is 6.92 Å². The van der Waals surface area contributed by atoms with Crippen LogP contribution in [0.15, 0.2) is 4.99 Å². The fourth-order valence-electron chi connectivity index (χ4n) is 0.143. The maximum atomic E-state index is 10.0. The van der Waals surface area contributed by atoms with Crippen molar-refractivity contribution in [2.45, 2.75) is 12.6 Å². The van der Waals surface area contributed by atoms with E-state index >= 15 is 0 Å². The smallest absolute Gasteiger partial charge is 0.347 e. The molecule has 0 spiro atoms. The largest absolute Gasteiger partial charge is 0.478 e. The molecule has 0 amide bonds. The van der Waals surface area contributed by atoms with Crippen LogP contribution in [0.4, 0.5) is 0 Å². The lowest BCUT2D eigenvalue weighted by molar-refractivity contribution is -0.142. The van der Waals surface area contributed by atoms with Crippen molar-refractivity contribution >= 4 is 12.0 Å². The second-order valence-electron chi connectivity index (χ2n) is 1.66. The highest BCUT2D eigenvalue weighted by Crippen LogP contribution is 1.97. The quantitative estimate of drug-likeness (QED) is 0.373. The standard InChI is InChI=1S/C4H6N2O3/c1-4(5,3(8)9)6-2-7/h5H2,1H3,(H,8,9)/t4-/m1/s1. The van der Waals surface area contributed by atoms with Gasteiger partial charge in [-0.25, -0.2) is 9.59 Å². The Labute approximate surface area is 51.2 Å². The number of aliphatic imine (C=N–C) groups is 1. The monoisotopic (exact) mass is 130 g/mol. The summed E-state index contributed by atoms with van der Waals surface area (Å²) in [6, 6.07) is 0. The van der Waals surface area contributed by atoms with Crippen LogP contribution >= 0.6 is 0 Å². The van der Waals surface area contributed by atoms with E-state index in [0.717, 1.165) is 13.0 Å². The Morgan fingerprint density at radius 2 is 2.33 bits per heavy atom. The summed E-state index contributed by atoms with van der Waals surface area (Å²) in [7, 11) is 0. The number of carboxylic acid groups (broad SMARTS) is 1. The van der Waals surface area contributed by atoms with Crippen molar-refractivity contribution in [3.05, 3.63) is 0 Å². The maximum Gasteiger partial charge on any atom is 0.347 e. The number of aliphatic carboxylic acids is 1. The fraction of sp³-hybridized carbons (Fsp3) is 0.500. The molecule has 0 saturated heterocycles. The minimum Gasteiger partial charge on any atom is -0.478 e. The van der Waals surface area contributed by atoms with Crippen molar-refractivity contribution in [1.82, 2.24) is 0 Å². The first kappa shape index (κ1) is 7.81. The van der Waals surface area contributed by atoms with E-state index in [1.165, 1.54) is 0 Å². The Morgan fingerprint density at radius 3 is 2.44 bits per heavy atom. The van der Waals surface area contributed by atoms with Crippen molar-refractivity contribution in [3.8, 4) is 0 Å². The molecule has 0 aromatic rings. The van der Waals surface area contributed by atoms with E-state index in [-0.39, 0.29) is 0 Å². The predicted molar refractivity (Wildman–Crippen MR) is 28.3 cm³/mol. The Morgan fingerprint density at radius 1 is 1.89 bits per heavy atom. The number of carbonyl (C=O) groups excluding carboxylic acids is 1. The van der Waals surface area contributed by atoms with Gasteiger partial charge in [-0.15, -0.1) is 0 Å². The van der Waals surface area contributed by atoms with Gasteiger partial charge in [0.05, 0.1) is 0 Å². The topological polar surface area (TPSA) is 92.8 Å². The van der Waals surface area contributed by atoms with Gasteiger partial charge in [-0.3, -0.25) is 5.73 Å². The lowest BCUT2D eigenvalue weighted by atomic mass is 10.2. The number of carboxylic acids is 1. The molecule has 50 valence electrons. The Balaban J connectivity index is 4.37. The van der Waals surface area contributed by atoms with Gasteiger partial charge in [0, 0.05) is 0 Å². The number of hydrogen-bond donors (Lipinski definition) is 2. The third-order valence-corrected chi connectivity index (χ3v) is 0.711. The third kappa shape index (κ3) is 2.03. The molecule has 0 aliphatic rings. The molecule has 9 heavy (non-hydrogen) atoms. The number of isocyanates is 1. The molecule has 0 fully saturated rings. The van der Waals surface area contributed by atoms with E-state index in [0.29, 0.717) is 0 Å². The van der Waals surface area contributed by atoms with Crippen LogP contribution in [0.2, 0.25) is 0 Å². The second kappa shape index (κ2) is 2.39. The van der Waals surface area contributed by atoms with E-state index in [2.05, 4.69) is 4.99 Å². The molecule has 0 aliphatic heterocycles. The maximum absolute atomic E-state index is 10.0. The molecule has 3 N–H and O–H groups in total. The first-order chi connectivity index (χ1) is 4.00. The average molecular weight is 130 g/mol. The number of rotatable bonds is 2. The number of carbonyl (C=O) groups is 1. The molecule has 0 heterocycles. The predicted octanol–water partition coefficient (Wildman–Crippen LogP) is -0.918. The van der Waals surface area contributed by atoms with Gasteiger partial charge in [-0.1, -0.05) is 0 Å². The van der Waals surface area contributed by atoms with Gasteiger partial charge in [0.2, 0.25) is 11.7 Å². The zero-order chi connectivity index (χ0) is 7.49. The molecule has 1 atom stereocenters. The zero-order valence-corrected chi connectivity index (χ0v) is 4.79. The summed E-state index contributed by atoms with van der Waals surface area (Å²) >= 11 is 0. The highest BCUT2D eigenvalue weighted by molar-refractivity contribution is 5.78. The first-order valence-electron chi connectivity index (χ1n) is 2.12. The summed E-state index contributed by atoms with van der Waals surface area (Å²) in [6.45, 7) is 1.10. The van der Waals surface area contributed by atoms with Crippen LogP contribution in [0.1, 0.15) is 6.92 Å². The van der Waals surface area contributed by atoms with Gasteiger partial charge in [0.1, 0.15) is 0 Å². The average Bonchev–Trinajstić information content (AvgIpc) is 1.65. The zero-order valence-electron chi connectivity index (χ0n) is 4.79. The highest BCUT2D eigenvalue weighted by atomic mass is 16.4. The summed E-state index contributed by atoms with van der Waals surface area (Å²) in [6.07, 6.45) is 1.06. The number of nitrogens with zero attached hydrogens (tertiary/aromatic N) is 1. The summed E-state index contributed by atoms with van der Waals surface area (Å²) in [5, 5.41) is 8.17. The van der Waals surface area contributed by atoms with Gasteiger partial charge < -0.3 is 5.11 Å². The van der Waals surface area contributed by atoms with Crippen LogP contribution in [-0.4, -0.2) is 22.8 Å². The lowest BCUT2D eigenvalue weighted by Gasteiger charge is -2.08. The normalized spacial score (nSPS) is 15.3. The fourth-order valence-corrected chi connectivity index (χ4v) is 0.143. The molecule has 5 heteroatoms. The van der Waals surface area contributed by atoms with E-state index in [4.69, 9.17) is 10.8 Å². The molecule has 0 aromatic heterocycles. The van der Waals surface area contributed by atoms with Gasteiger partial charge in [0.25, 0.3) is 0 Å². The molecular formula is C4H6N2O3. The molecule has 0 aromatic carbocycles. The molecule has 5 nitrogen and oxygen atoms in total. The Kier molecular flexibility index (Phi) is 2.07. The summed E-state index contributed by atoms with van der Waals surface area (Å²) in [5.74, 6) is -1.36. The molecular weight excluding hydrogens is 124 g/mol. The lowest BCUT2D eigenvalue weighted by Crippen LogP contribution is -2.42. The van der Waals surface area contributed by atoms with Crippen LogP contribution in [0.3, 0.4) is 0 Å². The van der Waals surface area contributed by atoms with E-state index < -0.39 is 11.6 Å². The molecule has 0 saturated carbocycles. The van der Waals surface area contributed by atoms with Gasteiger partial charge in [0.15, 0.2) is 0 Å². The summed E-state index contributed by atoms with van der Waals surface area (Å²) in [4.78, 5) is 22.3. The van der Waals surface area contributed by atoms with E-state index in [1.54, 1.807) is 0 Å². The van der Waals surface area contributed by atoms with E-state index in [1.807, 2.05) is 0 Å². The van der Waals surface area contributed by atoms with Crippen molar-refractivity contribution < 1.29 is 14.7 Å². The van der Waals surface area contributed by atoms with Crippen molar-refractivity contribution in [3.63, 3.8) is 0 Å². The molecule has 0 bridgehead atoms. The van der Waals surface area contributed by atoms with Crippen LogP contribution in [0.5, 0.6) is 0 Å². The van der Waals surface area contributed by atoms with E-state index in [9.17, 15) is 9.59 Å². The summed E-state index contributed by atoms with van der Waals surface area (Å²) < 4.78 is 0. The third-order valence-electron chi connectivity index (χ3n) is 0.711. The number of hydrogen-bond acceptors (Lipinski definition) is 4. The number of nitrogens with two attached hydrogens (primary N) is 1. The summed E-state index contributed by atoms with van der Waals surface area (Å²) in [5.41, 5.74) is 3.11. The van der Waals surface area contributed by atoms with Crippen molar-refractivity contribution in [1.29, 1.82) is 0 Å². The van der Waals surface area contributed by atoms with Crippen LogP contribution in [0, 0.1) is 0 Å². The van der Waals surface area contributed by atoms with Gasteiger partial charge >= 0.3 is 5.97 Å². The Hall–Kier alpha value is -1.19. The molecule has 0 aliphatic carbocycles. The molecule has 0 unspecified atom stereocenters. The second-order valence-corrected chi connectivity index (χ2v) is 1.66. The molecule has 0 radical (unpaired) electrons. The Bertz CT molecular complexity index is 165. The molecule has 0 rings (SSSR count). The van der Waals surface area contributed by atoms with Crippen LogP contribution < -0.4 is 5.73 Å². The first-order valence-corrected chi connectivity index (χ1v) is 2.12. The SMILES string of the molecule is C[C@@](N)(N=C=O)C(=O)O. The highest BCUT2D eigenvalue weighted by Gasteiger charge is 2.26. The minimum absolute atomic E-state index is 1.06. The van der Waals surface area contributed by atoms with Crippen LogP contribution in [-0.2, 0) is 9.59 Å². The van der Waals surface area contributed by atoms with Gasteiger partial charge in [-0.2, -0.15) is 4.99 Å². The van der Waals surface area contributed by atoms with Crippen molar-refractivity contribution in [2.24, 2.45) is 10.7 Å².